The third-order valence-electron chi connectivity index (χ3n) is 3.75. The summed E-state index contributed by atoms with van der Waals surface area (Å²) < 4.78 is 0. The van der Waals surface area contributed by atoms with Gasteiger partial charge < -0.3 is 5.11 Å². The van der Waals surface area contributed by atoms with Crippen LogP contribution in [-0.4, -0.2) is 59.8 Å². The van der Waals surface area contributed by atoms with Gasteiger partial charge in [-0.3, -0.25) is 9.80 Å². The average Bonchev–Trinajstić information content (AvgIpc) is 2.18. The molecular formula is C11H22N2O. The van der Waals surface area contributed by atoms with E-state index in [0.717, 1.165) is 25.2 Å². The zero-order valence-electron chi connectivity index (χ0n) is 9.15. The first-order chi connectivity index (χ1) is 6.81. The van der Waals surface area contributed by atoms with Crippen molar-refractivity contribution in [2.24, 2.45) is 0 Å². The highest BCUT2D eigenvalue weighted by molar-refractivity contribution is 4.88. The molecule has 0 spiro atoms. The van der Waals surface area contributed by atoms with E-state index in [1.807, 2.05) is 0 Å². The van der Waals surface area contributed by atoms with Crippen LogP contribution in [0.2, 0.25) is 0 Å². The number of aliphatic hydroxyl groups is 1. The topological polar surface area (TPSA) is 26.7 Å². The van der Waals surface area contributed by atoms with Crippen molar-refractivity contribution in [3.8, 4) is 0 Å². The summed E-state index contributed by atoms with van der Waals surface area (Å²) in [6.45, 7) is 7.03. The molecular weight excluding hydrogens is 176 g/mol. The van der Waals surface area contributed by atoms with Crippen LogP contribution in [0.15, 0.2) is 0 Å². The summed E-state index contributed by atoms with van der Waals surface area (Å²) in [6, 6.07) is 1.55. The average molecular weight is 198 g/mol. The Morgan fingerprint density at radius 1 is 1.29 bits per heavy atom. The van der Waals surface area contributed by atoms with Crippen LogP contribution in [0.1, 0.15) is 26.2 Å². The number of hydrogen-bond acceptors (Lipinski definition) is 3. The number of hydrogen-bond donors (Lipinski definition) is 1. The van der Waals surface area contributed by atoms with E-state index in [1.54, 1.807) is 0 Å². The van der Waals surface area contributed by atoms with E-state index in [4.69, 9.17) is 5.11 Å². The first-order valence-electron chi connectivity index (χ1n) is 5.90. The Bertz CT molecular complexity index is 186. The molecule has 0 amide bonds. The molecule has 0 bridgehead atoms. The Morgan fingerprint density at radius 2 is 2.14 bits per heavy atom. The summed E-state index contributed by atoms with van der Waals surface area (Å²) in [5.41, 5.74) is 0. The summed E-state index contributed by atoms with van der Waals surface area (Å²) in [5.74, 6) is 0. The highest BCUT2D eigenvalue weighted by Gasteiger charge is 2.32. The van der Waals surface area contributed by atoms with Crippen molar-refractivity contribution >= 4 is 0 Å². The number of piperazine rings is 1. The Morgan fingerprint density at radius 3 is 2.93 bits per heavy atom. The van der Waals surface area contributed by atoms with Gasteiger partial charge in [-0.25, -0.2) is 0 Å². The molecule has 2 fully saturated rings. The standard InChI is InChI=1S/C11H22N2O/c1-10-3-2-4-11-9-12(7-8-14)5-6-13(10)11/h10-11,14H,2-9H2,1H3. The fraction of sp³-hybridized carbons (Fsp3) is 1.00. The van der Waals surface area contributed by atoms with E-state index in [0.29, 0.717) is 6.61 Å². The monoisotopic (exact) mass is 198 g/mol. The maximum Gasteiger partial charge on any atom is 0.0558 e. The van der Waals surface area contributed by atoms with Gasteiger partial charge in [0.1, 0.15) is 0 Å². The molecule has 2 saturated heterocycles. The lowest BCUT2D eigenvalue weighted by Crippen LogP contribution is -2.57. The van der Waals surface area contributed by atoms with Crippen LogP contribution >= 0.6 is 0 Å². The Kier molecular flexibility index (Phi) is 3.42. The largest absolute Gasteiger partial charge is 0.395 e. The lowest BCUT2D eigenvalue weighted by atomic mass is 9.94. The van der Waals surface area contributed by atoms with E-state index >= 15 is 0 Å². The molecule has 2 heterocycles. The minimum atomic E-state index is 0.308. The van der Waals surface area contributed by atoms with Crippen LogP contribution < -0.4 is 0 Å². The smallest absolute Gasteiger partial charge is 0.0558 e. The van der Waals surface area contributed by atoms with Crippen molar-refractivity contribution in [2.45, 2.75) is 38.3 Å². The molecule has 2 rings (SSSR count). The minimum Gasteiger partial charge on any atom is -0.395 e. The van der Waals surface area contributed by atoms with Gasteiger partial charge in [-0.05, 0) is 19.8 Å². The summed E-state index contributed by atoms with van der Waals surface area (Å²) in [6.07, 6.45) is 4.11. The van der Waals surface area contributed by atoms with Crippen LogP contribution in [0, 0.1) is 0 Å². The maximum atomic E-state index is 8.91. The van der Waals surface area contributed by atoms with E-state index < -0.39 is 0 Å². The van der Waals surface area contributed by atoms with Gasteiger partial charge in [0.2, 0.25) is 0 Å². The molecule has 14 heavy (non-hydrogen) atoms. The highest BCUT2D eigenvalue weighted by Crippen LogP contribution is 2.25. The molecule has 0 saturated carbocycles. The maximum absolute atomic E-state index is 8.91. The molecule has 1 N–H and O–H groups in total. The predicted octanol–water partition coefficient (Wildman–Crippen LogP) is 0.537. The van der Waals surface area contributed by atoms with Gasteiger partial charge in [0.25, 0.3) is 0 Å². The second-order valence-corrected chi connectivity index (χ2v) is 4.70. The van der Waals surface area contributed by atoms with Crippen molar-refractivity contribution < 1.29 is 5.11 Å². The minimum absolute atomic E-state index is 0.308. The zero-order chi connectivity index (χ0) is 9.97. The molecule has 2 aliphatic rings. The van der Waals surface area contributed by atoms with Gasteiger partial charge in [-0.15, -0.1) is 0 Å². The van der Waals surface area contributed by atoms with E-state index in [-0.39, 0.29) is 0 Å². The zero-order valence-corrected chi connectivity index (χ0v) is 9.15. The molecule has 0 radical (unpaired) electrons. The van der Waals surface area contributed by atoms with Crippen molar-refractivity contribution in [3.63, 3.8) is 0 Å². The molecule has 0 aromatic rings. The molecule has 2 aliphatic heterocycles. The fourth-order valence-electron chi connectivity index (χ4n) is 2.93. The molecule has 3 nitrogen and oxygen atoms in total. The number of nitrogens with zero attached hydrogens (tertiary/aromatic N) is 2. The summed E-state index contributed by atoms with van der Waals surface area (Å²) in [5, 5.41) is 8.91. The number of β-amino-alcohol motifs (C(OH)–C–C–N with tert-alkyl or cyclic N) is 1. The van der Waals surface area contributed by atoms with E-state index in [2.05, 4.69) is 16.7 Å². The second kappa shape index (κ2) is 4.60. The number of aliphatic hydroxyl groups excluding tert-OH is 1. The Balaban J connectivity index is 1.89. The molecule has 3 heteroatoms. The first-order valence-corrected chi connectivity index (χ1v) is 5.90. The van der Waals surface area contributed by atoms with Crippen molar-refractivity contribution in [1.29, 1.82) is 0 Å². The molecule has 82 valence electrons. The van der Waals surface area contributed by atoms with Crippen LogP contribution in [0.4, 0.5) is 0 Å². The Labute approximate surface area is 86.7 Å². The summed E-state index contributed by atoms with van der Waals surface area (Å²) >= 11 is 0. The third-order valence-corrected chi connectivity index (χ3v) is 3.75. The fourth-order valence-corrected chi connectivity index (χ4v) is 2.93. The van der Waals surface area contributed by atoms with Gasteiger partial charge in [-0.2, -0.15) is 0 Å². The van der Waals surface area contributed by atoms with Crippen molar-refractivity contribution in [2.75, 3.05) is 32.8 Å². The molecule has 0 aromatic heterocycles. The number of piperidine rings is 1. The predicted molar refractivity (Wildman–Crippen MR) is 57.3 cm³/mol. The molecule has 2 atom stereocenters. The van der Waals surface area contributed by atoms with E-state index in [9.17, 15) is 0 Å². The lowest BCUT2D eigenvalue weighted by molar-refractivity contribution is 0.0114. The first kappa shape index (κ1) is 10.4. The van der Waals surface area contributed by atoms with E-state index in [1.165, 1.54) is 32.4 Å². The summed E-state index contributed by atoms with van der Waals surface area (Å²) in [4.78, 5) is 5.07. The third kappa shape index (κ3) is 2.10. The van der Waals surface area contributed by atoms with Crippen molar-refractivity contribution in [3.05, 3.63) is 0 Å². The SMILES string of the molecule is CC1CCCC2CN(CCO)CCN12. The number of rotatable bonds is 2. The summed E-state index contributed by atoms with van der Waals surface area (Å²) in [7, 11) is 0. The van der Waals surface area contributed by atoms with Gasteiger partial charge in [-0.1, -0.05) is 6.42 Å². The van der Waals surface area contributed by atoms with Crippen LogP contribution in [0.3, 0.4) is 0 Å². The van der Waals surface area contributed by atoms with Gasteiger partial charge in [0.15, 0.2) is 0 Å². The van der Waals surface area contributed by atoms with Crippen molar-refractivity contribution in [1.82, 2.24) is 9.80 Å². The van der Waals surface area contributed by atoms with Gasteiger partial charge in [0.05, 0.1) is 6.61 Å². The van der Waals surface area contributed by atoms with Crippen LogP contribution in [0.25, 0.3) is 0 Å². The quantitative estimate of drug-likeness (QED) is 0.701. The van der Waals surface area contributed by atoms with Gasteiger partial charge in [0, 0.05) is 38.3 Å². The lowest BCUT2D eigenvalue weighted by Gasteiger charge is -2.47. The molecule has 2 unspecified atom stereocenters. The van der Waals surface area contributed by atoms with Crippen LogP contribution in [-0.2, 0) is 0 Å². The molecule has 0 aliphatic carbocycles. The molecule has 0 aromatic carbocycles. The Hall–Kier alpha value is -0.120. The highest BCUT2D eigenvalue weighted by atomic mass is 16.3. The number of fused-ring (bicyclic) bond motifs is 1. The normalized spacial score (nSPS) is 35.6. The van der Waals surface area contributed by atoms with Gasteiger partial charge >= 0.3 is 0 Å². The van der Waals surface area contributed by atoms with Crippen LogP contribution in [0.5, 0.6) is 0 Å². The second-order valence-electron chi connectivity index (χ2n) is 4.70.